The van der Waals surface area contributed by atoms with E-state index in [1.807, 2.05) is 6.07 Å². The fourth-order valence-corrected chi connectivity index (χ4v) is 2.33. The third-order valence-corrected chi connectivity index (χ3v) is 3.53. The topological polar surface area (TPSA) is 107 Å². The molecule has 0 aromatic heterocycles. The number of ether oxygens (including phenoxy) is 4. The average Bonchev–Trinajstić information content (AvgIpc) is 2.70. The molecule has 8 nitrogen and oxygen atoms in total. The zero-order valence-electron chi connectivity index (χ0n) is 15.1. The summed E-state index contributed by atoms with van der Waals surface area (Å²) in [5.74, 6) is -0.524. The van der Waals surface area contributed by atoms with Gasteiger partial charge >= 0.3 is 5.97 Å². The van der Waals surface area contributed by atoms with Crippen LogP contribution in [0.2, 0.25) is 0 Å². The van der Waals surface area contributed by atoms with Crippen LogP contribution in [0.4, 0.5) is 5.69 Å². The van der Waals surface area contributed by atoms with Crippen LogP contribution >= 0.6 is 0 Å². The van der Waals surface area contributed by atoms with E-state index in [-0.39, 0.29) is 17.1 Å². The highest BCUT2D eigenvalue weighted by Gasteiger charge is 2.22. The summed E-state index contributed by atoms with van der Waals surface area (Å²) in [5.41, 5.74) is 0.924. The lowest BCUT2D eigenvalue weighted by atomic mass is 10.1. The lowest BCUT2D eigenvalue weighted by Crippen LogP contribution is -2.21. The van der Waals surface area contributed by atoms with Crippen molar-refractivity contribution in [2.24, 2.45) is 0 Å². The zero-order chi connectivity index (χ0) is 19.8. The third kappa shape index (κ3) is 4.67. The molecule has 0 radical (unpaired) electrons. The highest BCUT2D eigenvalue weighted by molar-refractivity contribution is 5.97. The molecule has 2 aromatic rings. The van der Waals surface area contributed by atoms with Gasteiger partial charge < -0.3 is 24.3 Å². The van der Waals surface area contributed by atoms with Crippen molar-refractivity contribution in [1.82, 2.24) is 0 Å². The molecule has 8 heteroatoms. The Bertz CT molecular complexity index is 888. The lowest BCUT2D eigenvalue weighted by molar-refractivity contribution is -0.119. The number of hydrogen-bond acceptors (Lipinski definition) is 7. The second-order valence-electron chi connectivity index (χ2n) is 5.20. The van der Waals surface area contributed by atoms with Gasteiger partial charge in [0.1, 0.15) is 5.56 Å². The van der Waals surface area contributed by atoms with Gasteiger partial charge in [-0.25, -0.2) is 4.79 Å². The maximum atomic E-state index is 12.3. The van der Waals surface area contributed by atoms with Crippen LogP contribution in [-0.4, -0.2) is 39.8 Å². The van der Waals surface area contributed by atoms with Gasteiger partial charge in [-0.15, -0.1) is 0 Å². The molecule has 0 unspecified atom stereocenters. The molecule has 0 bridgehead atoms. The second kappa shape index (κ2) is 9.10. The smallest absolute Gasteiger partial charge is 0.342 e. The van der Waals surface area contributed by atoms with Gasteiger partial charge in [0.25, 0.3) is 5.91 Å². The number of nitriles is 1. The normalized spacial score (nSPS) is 9.70. The van der Waals surface area contributed by atoms with Crippen LogP contribution in [0.25, 0.3) is 0 Å². The fourth-order valence-electron chi connectivity index (χ4n) is 2.33. The highest BCUT2D eigenvalue weighted by Crippen LogP contribution is 2.39. The van der Waals surface area contributed by atoms with Gasteiger partial charge in [0, 0.05) is 5.69 Å². The van der Waals surface area contributed by atoms with Crippen LogP contribution < -0.4 is 19.5 Å². The molecule has 0 spiro atoms. The van der Waals surface area contributed by atoms with E-state index in [4.69, 9.17) is 24.2 Å². The third-order valence-electron chi connectivity index (χ3n) is 3.53. The van der Waals surface area contributed by atoms with Crippen molar-refractivity contribution < 1.29 is 28.5 Å². The minimum absolute atomic E-state index is 0.0921. The number of hydrogen-bond donors (Lipinski definition) is 1. The number of nitrogens with zero attached hydrogens (tertiary/aromatic N) is 1. The number of benzene rings is 2. The molecule has 1 amide bonds. The Labute approximate surface area is 156 Å². The molecular weight excluding hydrogens is 352 g/mol. The van der Waals surface area contributed by atoms with Crippen molar-refractivity contribution in [1.29, 1.82) is 5.26 Å². The van der Waals surface area contributed by atoms with Gasteiger partial charge in [0.2, 0.25) is 5.75 Å². The summed E-state index contributed by atoms with van der Waals surface area (Å²) >= 11 is 0. The Morgan fingerprint density at radius 3 is 2.41 bits per heavy atom. The summed E-state index contributed by atoms with van der Waals surface area (Å²) < 4.78 is 20.6. The highest BCUT2D eigenvalue weighted by atomic mass is 16.5. The van der Waals surface area contributed by atoms with Gasteiger partial charge in [-0.05, 0) is 30.3 Å². The van der Waals surface area contributed by atoms with E-state index in [1.165, 1.54) is 39.5 Å². The van der Waals surface area contributed by atoms with E-state index in [9.17, 15) is 9.59 Å². The molecule has 2 rings (SSSR count). The first kappa shape index (κ1) is 19.6. The molecule has 0 aliphatic heterocycles. The minimum atomic E-state index is -0.756. The SMILES string of the molecule is COc1ccc(C(=O)OCC(=O)Nc2cccc(C#N)c2)c(OC)c1OC. The molecule has 0 atom stereocenters. The molecule has 0 heterocycles. The first-order valence-corrected chi connectivity index (χ1v) is 7.80. The number of anilines is 1. The number of methoxy groups -OCH3 is 3. The molecule has 1 N–H and O–H groups in total. The maximum absolute atomic E-state index is 12.3. The molecule has 27 heavy (non-hydrogen) atoms. The van der Waals surface area contributed by atoms with Gasteiger partial charge in [0.05, 0.1) is 33.0 Å². The lowest BCUT2D eigenvalue weighted by Gasteiger charge is -2.15. The number of nitrogens with one attached hydrogen (secondary N) is 1. The number of carbonyl (C=O) groups is 2. The van der Waals surface area contributed by atoms with E-state index >= 15 is 0 Å². The first-order chi connectivity index (χ1) is 13.0. The monoisotopic (exact) mass is 370 g/mol. The van der Waals surface area contributed by atoms with Crippen molar-refractivity contribution in [3.63, 3.8) is 0 Å². The van der Waals surface area contributed by atoms with Crippen molar-refractivity contribution in [3.8, 4) is 23.3 Å². The fraction of sp³-hybridized carbons (Fsp3) is 0.211. The van der Waals surface area contributed by atoms with E-state index in [1.54, 1.807) is 18.2 Å². The Morgan fingerprint density at radius 1 is 1.04 bits per heavy atom. The molecule has 0 saturated heterocycles. The standard InChI is InChI=1S/C19H18N2O6/c1-24-15-8-7-14(17(25-2)18(15)26-3)19(23)27-11-16(22)21-13-6-4-5-12(9-13)10-20/h4-9H,11H2,1-3H3,(H,21,22). The Kier molecular flexibility index (Phi) is 6.61. The second-order valence-corrected chi connectivity index (χ2v) is 5.20. The van der Waals surface area contributed by atoms with Crippen molar-refractivity contribution in [3.05, 3.63) is 47.5 Å². The number of rotatable bonds is 7. The minimum Gasteiger partial charge on any atom is -0.493 e. The van der Waals surface area contributed by atoms with E-state index in [0.717, 1.165) is 0 Å². The van der Waals surface area contributed by atoms with Gasteiger partial charge in [-0.3, -0.25) is 4.79 Å². The molecule has 0 aliphatic carbocycles. The number of carbonyl (C=O) groups excluding carboxylic acids is 2. The molecule has 140 valence electrons. The molecule has 0 saturated carbocycles. The van der Waals surface area contributed by atoms with Crippen LogP contribution in [-0.2, 0) is 9.53 Å². The quantitative estimate of drug-likeness (QED) is 0.746. The van der Waals surface area contributed by atoms with Gasteiger partial charge in [-0.2, -0.15) is 5.26 Å². The molecule has 0 aliphatic rings. The van der Waals surface area contributed by atoms with Crippen molar-refractivity contribution >= 4 is 17.6 Å². The van der Waals surface area contributed by atoms with E-state index in [2.05, 4.69) is 5.32 Å². The van der Waals surface area contributed by atoms with Crippen molar-refractivity contribution in [2.45, 2.75) is 0 Å². The largest absolute Gasteiger partial charge is 0.493 e. The van der Waals surface area contributed by atoms with E-state index < -0.39 is 18.5 Å². The summed E-state index contributed by atoms with van der Waals surface area (Å²) in [6.45, 7) is -0.507. The first-order valence-electron chi connectivity index (χ1n) is 7.80. The molecular formula is C19H18N2O6. The Balaban J connectivity index is 2.07. The molecule has 2 aromatic carbocycles. The predicted molar refractivity (Wildman–Crippen MR) is 96.2 cm³/mol. The summed E-state index contributed by atoms with van der Waals surface area (Å²) in [5, 5.41) is 11.4. The van der Waals surface area contributed by atoms with Crippen LogP contribution in [0.3, 0.4) is 0 Å². The summed E-state index contributed by atoms with van der Waals surface area (Å²) in [6, 6.07) is 11.3. The zero-order valence-corrected chi connectivity index (χ0v) is 15.1. The number of amides is 1. The Hall–Kier alpha value is -3.73. The van der Waals surface area contributed by atoms with Crippen LogP contribution in [0, 0.1) is 11.3 Å². The van der Waals surface area contributed by atoms with Gasteiger partial charge in [0.15, 0.2) is 18.1 Å². The summed E-state index contributed by atoms with van der Waals surface area (Å²) in [7, 11) is 4.25. The maximum Gasteiger partial charge on any atom is 0.342 e. The number of esters is 1. The average molecular weight is 370 g/mol. The Morgan fingerprint density at radius 2 is 1.78 bits per heavy atom. The summed E-state index contributed by atoms with van der Waals surface area (Å²) in [4.78, 5) is 24.3. The van der Waals surface area contributed by atoms with Gasteiger partial charge in [-0.1, -0.05) is 6.07 Å². The predicted octanol–water partition coefficient (Wildman–Crippen LogP) is 2.38. The van der Waals surface area contributed by atoms with Crippen LogP contribution in [0.1, 0.15) is 15.9 Å². The molecule has 0 fully saturated rings. The van der Waals surface area contributed by atoms with Crippen molar-refractivity contribution in [2.75, 3.05) is 33.3 Å². The van der Waals surface area contributed by atoms with Crippen LogP contribution in [0.5, 0.6) is 17.2 Å². The van der Waals surface area contributed by atoms with Crippen LogP contribution in [0.15, 0.2) is 36.4 Å². The summed E-state index contributed by atoms with van der Waals surface area (Å²) in [6.07, 6.45) is 0. The van der Waals surface area contributed by atoms with E-state index in [0.29, 0.717) is 17.0 Å².